The van der Waals surface area contributed by atoms with Crippen molar-refractivity contribution in [2.75, 3.05) is 31.2 Å². The van der Waals surface area contributed by atoms with Crippen LogP contribution in [0.2, 0.25) is 0 Å². The lowest BCUT2D eigenvalue weighted by Gasteiger charge is -2.14. The summed E-state index contributed by atoms with van der Waals surface area (Å²) < 4.78 is 22.8. The zero-order valence-corrected chi connectivity index (χ0v) is 11.2. The number of aliphatic hydroxyl groups excluding tert-OH is 1. The molecule has 0 spiro atoms. The Balaban J connectivity index is 3.66. The lowest BCUT2D eigenvalue weighted by Crippen LogP contribution is -2.29. The quantitative estimate of drug-likeness (QED) is 0.564. The zero-order chi connectivity index (χ0) is 12.4. The predicted octanol–water partition coefficient (Wildman–Crippen LogP) is 0.809. The van der Waals surface area contributed by atoms with E-state index in [9.17, 15) is 8.42 Å². The summed E-state index contributed by atoms with van der Waals surface area (Å²) in [6, 6.07) is 0. The van der Waals surface area contributed by atoms with E-state index in [2.05, 4.69) is 12.2 Å². The van der Waals surface area contributed by atoms with E-state index in [4.69, 9.17) is 5.11 Å². The lowest BCUT2D eigenvalue weighted by molar-refractivity contribution is 0.252. The Morgan fingerprint density at radius 2 is 1.94 bits per heavy atom. The van der Waals surface area contributed by atoms with E-state index in [0.29, 0.717) is 18.9 Å². The van der Waals surface area contributed by atoms with Crippen LogP contribution in [0.3, 0.4) is 0 Å². The van der Waals surface area contributed by atoms with Crippen LogP contribution in [-0.4, -0.2) is 44.7 Å². The van der Waals surface area contributed by atoms with Gasteiger partial charge in [-0.3, -0.25) is 0 Å². The Kier molecular flexibility index (Phi) is 8.89. The molecular formula is C11H25NO3S. The smallest absolute Gasteiger partial charge is 0.151 e. The van der Waals surface area contributed by atoms with Gasteiger partial charge >= 0.3 is 0 Å². The van der Waals surface area contributed by atoms with E-state index in [1.807, 2.05) is 6.92 Å². The number of nitrogens with one attached hydrogen (secondary N) is 1. The summed E-state index contributed by atoms with van der Waals surface area (Å²) in [5, 5.41) is 11.9. The van der Waals surface area contributed by atoms with Crippen LogP contribution in [-0.2, 0) is 9.84 Å². The van der Waals surface area contributed by atoms with Crippen molar-refractivity contribution in [2.24, 2.45) is 5.92 Å². The first-order chi connectivity index (χ1) is 7.55. The molecule has 0 heterocycles. The molecule has 4 nitrogen and oxygen atoms in total. The summed E-state index contributed by atoms with van der Waals surface area (Å²) in [7, 11) is -2.86. The molecule has 0 aliphatic rings. The SMILES string of the molecule is CCCS(=O)(=O)CCNCC(CC)CCO. The highest BCUT2D eigenvalue weighted by Crippen LogP contribution is 2.05. The average Bonchev–Trinajstić information content (AvgIpc) is 2.22. The minimum atomic E-state index is -2.86. The number of sulfone groups is 1. The number of aliphatic hydroxyl groups is 1. The summed E-state index contributed by atoms with van der Waals surface area (Å²) in [6.07, 6.45) is 2.48. The minimum absolute atomic E-state index is 0.203. The highest BCUT2D eigenvalue weighted by Gasteiger charge is 2.09. The van der Waals surface area contributed by atoms with Gasteiger partial charge in [0.1, 0.15) is 0 Å². The van der Waals surface area contributed by atoms with E-state index in [1.165, 1.54) is 0 Å². The first kappa shape index (κ1) is 15.9. The predicted molar refractivity (Wildman–Crippen MR) is 67.3 cm³/mol. The maximum absolute atomic E-state index is 11.4. The van der Waals surface area contributed by atoms with E-state index in [0.717, 1.165) is 19.4 Å². The Morgan fingerprint density at radius 1 is 1.25 bits per heavy atom. The van der Waals surface area contributed by atoms with Gasteiger partial charge in [0.15, 0.2) is 9.84 Å². The third kappa shape index (κ3) is 8.07. The molecule has 0 amide bonds. The molecule has 2 N–H and O–H groups in total. The minimum Gasteiger partial charge on any atom is -0.396 e. The molecule has 5 heteroatoms. The van der Waals surface area contributed by atoms with E-state index in [1.54, 1.807) is 0 Å². The van der Waals surface area contributed by atoms with Gasteiger partial charge in [-0.2, -0.15) is 0 Å². The molecule has 98 valence electrons. The van der Waals surface area contributed by atoms with E-state index in [-0.39, 0.29) is 18.1 Å². The van der Waals surface area contributed by atoms with Gasteiger partial charge in [0.05, 0.1) is 5.75 Å². The Labute approximate surface area is 99.4 Å². The Morgan fingerprint density at radius 3 is 2.44 bits per heavy atom. The van der Waals surface area contributed by atoms with Crippen LogP contribution in [0.1, 0.15) is 33.1 Å². The molecule has 16 heavy (non-hydrogen) atoms. The van der Waals surface area contributed by atoms with Crippen LogP contribution in [0.25, 0.3) is 0 Å². The summed E-state index contributed by atoms with van der Waals surface area (Å²) in [6.45, 7) is 5.46. The van der Waals surface area contributed by atoms with Crippen molar-refractivity contribution in [1.82, 2.24) is 5.32 Å². The van der Waals surface area contributed by atoms with Gasteiger partial charge in [0, 0.05) is 18.9 Å². The normalized spacial score (nSPS) is 13.9. The molecule has 1 unspecified atom stereocenters. The first-order valence-electron chi connectivity index (χ1n) is 6.07. The molecule has 0 bridgehead atoms. The third-order valence-corrected chi connectivity index (χ3v) is 4.51. The van der Waals surface area contributed by atoms with Crippen molar-refractivity contribution >= 4 is 9.84 Å². The second-order valence-electron chi connectivity index (χ2n) is 4.14. The van der Waals surface area contributed by atoms with Crippen molar-refractivity contribution < 1.29 is 13.5 Å². The van der Waals surface area contributed by atoms with Crippen molar-refractivity contribution in [3.05, 3.63) is 0 Å². The van der Waals surface area contributed by atoms with Crippen molar-refractivity contribution in [2.45, 2.75) is 33.1 Å². The van der Waals surface area contributed by atoms with Crippen molar-refractivity contribution in [1.29, 1.82) is 0 Å². The molecule has 0 saturated carbocycles. The zero-order valence-electron chi connectivity index (χ0n) is 10.4. The number of hydrogen-bond donors (Lipinski definition) is 2. The van der Waals surface area contributed by atoms with E-state index >= 15 is 0 Å². The highest BCUT2D eigenvalue weighted by atomic mass is 32.2. The van der Waals surface area contributed by atoms with Crippen molar-refractivity contribution in [3.8, 4) is 0 Å². The Hall–Kier alpha value is -0.130. The number of hydrogen-bond acceptors (Lipinski definition) is 4. The fraction of sp³-hybridized carbons (Fsp3) is 1.00. The maximum Gasteiger partial charge on any atom is 0.151 e. The van der Waals surface area contributed by atoms with Crippen LogP contribution in [0, 0.1) is 5.92 Å². The average molecular weight is 251 g/mol. The topological polar surface area (TPSA) is 66.4 Å². The molecule has 0 aromatic rings. The molecule has 0 aromatic carbocycles. The van der Waals surface area contributed by atoms with Crippen LogP contribution >= 0.6 is 0 Å². The fourth-order valence-corrected chi connectivity index (χ4v) is 2.86. The molecular weight excluding hydrogens is 226 g/mol. The van der Waals surface area contributed by atoms with Gasteiger partial charge in [-0.1, -0.05) is 20.3 Å². The second kappa shape index (κ2) is 8.96. The van der Waals surface area contributed by atoms with Crippen LogP contribution in [0.15, 0.2) is 0 Å². The third-order valence-electron chi connectivity index (χ3n) is 2.65. The molecule has 0 rings (SSSR count). The molecule has 0 radical (unpaired) electrons. The molecule has 1 atom stereocenters. The van der Waals surface area contributed by atoms with Crippen LogP contribution in [0.5, 0.6) is 0 Å². The van der Waals surface area contributed by atoms with Gasteiger partial charge in [0.25, 0.3) is 0 Å². The van der Waals surface area contributed by atoms with Gasteiger partial charge in [-0.05, 0) is 25.3 Å². The largest absolute Gasteiger partial charge is 0.396 e. The summed E-state index contributed by atoms with van der Waals surface area (Å²) >= 11 is 0. The summed E-state index contributed by atoms with van der Waals surface area (Å²) in [5.41, 5.74) is 0. The van der Waals surface area contributed by atoms with E-state index < -0.39 is 9.84 Å². The summed E-state index contributed by atoms with van der Waals surface area (Å²) in [5.74, 6) is 0.942. The van der Waals surface area contributed by atoms with Crippen molar-refractivity contribution in [3.63, 3.8) is 0 Å². The summed E-state index contributed by atoms with van der Waals surface area (Å²) in [4.78, 5) is 0. The molecule has 0 aromatic heterocycles. The first-order valence-corrected chi connectivity index (χ1v) is 7.89. The molecule has 0 aliphatic carbocycles. The van der Waals surface area contributed by atoms with Crippen LogP contribution < -0.4 is 5.32 Å². The van der Waals surface area contributed by atoms with Gasteiger partial charge in [-0.25, -0.2) is 8.42 Å². The Bertz CT molecular complexity index is 252. The maximum atomic E-state index is 11.4. The number of rotatable bonds is 10. The molecule has 0 fully saturated rings. The van der Waals surface area contributed by atoms with Gasteiger partial charge in [-0.15, -0.1) is 0 Å². The van der Waals surface area contributed by atoms with Crippen LogP contribution in [0.4, 0.5) is 0 Å². The van der Waals surface area contributed by atoms with Gasteiger partial charge < -0.3 is 10.4 Å². The highest BCUT2D eigenvalue weighted by molar-refractivity contribution is 7.91. The molecule has 0 aliphatic heterocycles. The monoisotopic (exact) mass is 251 g/mol. The fourth-order valence-electron chi connectivity index (χ4n) is 1.58. The lowest BCUT2D eigenvalue weighted by atomic mass is 10.0. The standard InChI is InChI=1S/C11H25NO3S/c1-3-8-16(14,15)9-6-12-10-11(4-2)5-7-13/h11-13H,3-10H2,1-2H3. The second-order valence-corrected chi connectivity index (χ2v) is 6.45. The molecule has 0 saturated heterocycles. The van der Waals surface area contributed by atoms with Gasteiger partial charge in [0.2, 0.25) is 0 Å².